The molecule has 5 nitrogen and oxygen atoms in total. The molecule has 1 heterocycles. The number of furan rings is 1. The number of hydrogen-bond donors (Lipinski definition) is 1. The first-order chi connectivity index (χ1) is 13.3. The quantitative estimate of drug-likeness (QED) is 0.565. The molecule has 2 aromatic carbocycles. The highest BCUT2D eigenvalue weighted by Gasteiger charge is 2.21. The minimum absolute atomic E-state index is 0.0506. The molecule has 0 radical (unpaired) electrons. The summed E-state index contributed by atoms with van der Waals surface area (Å²) in [6, 6.07) is 11.1. The maximum absolute atomic E-state index is 12.4. The van der Waals surface area contributed by atoms with E-state index in [1.807, 2.05) is 31.2 Å². The van der Waals surface area contributed by atoms with E-state index >= 15 is 0 Å². The van der Waals surface area contributed by atoms with Gasteiger partial charge in [-0.3, -0.25) is 4.79 Å². The largest absolute Gasteiger partial charge is 0.450 e. The van der Waals surface area contributed by atoms with E-state index in [1.165, 1.54) is 0 Å². The Labute approximate surface area is 168 Å². The van der Waals surface area contributed by atoms with Crippen LogP contribution < -0.4 is 5.32 Å². The molecule has 0 aliphatic heterocycles. The summed E-state index contributed by atoms with van der Waals surface area (Å²) in [7, 11) is 0. The van der Waals surface area contributed by atoms with Crippen LogP contribution in [0.15, 0.2) is 40.8 Å². The Bertz CT molecular complexity index is 1050. The fourth-order valence-corrected chi connectivity index (χ4v) is 3.33. The van der Waals surface area contributed by atoms with Crippen LogP contribution in [0.2, 0.25) is 5.02 Å². The van der Waals surface area contributed by atoms with Crippen molar-refractivity contribution in [1.82, 2.24) is 0 Å². The fraction of sp³-hybridized carbons (Fsp3) is 0.273. The standard InChI is InChI=1S/C22H22ClNO4/c1-12(2)15-8-5-7-13(3)19(15)24-18(25)11-27-22(26)20-14(4)16-9-6-10-17(23)21(16)28-20/h5-10,12H,11H2,1-4H3,(H,24,25). The van der Waals surface area contributed by atoms with Crippen LogP contribution >= 0.6 is 11.6 Å². The number of fused-ring (bicyclic) bond motifs is 1. The third kappa shape index (κ3) is 3.90. The lowest BCUT2D eigenvalue weighted by molar-refractivity contribution is -0.119. The van der Waals surface area contributed by atoms with Crippen molar-refractivity contribution in [2.24, 2.45) is 0 Å². The summed E-state index contributed by atoms with van der Waals surface area (Å²) in [6.45, 7) is 7.38. The second-order valence-electron chi connectivity index (χ2n) is 6.99. The molecule has 0 saturated heterocycles. The van der Waals surface area contributed by atoms with E-state index in [1.54, 1.807) is 19.1 Å². The van der Waals surface area contributed by atoms with E-state index in [0.29, 0.717) is 16.2 Å². The van der Waals surface area contributed by atoms with Crippen LogP contribution in [0, 0.1) is 13.8 Å². The molecule has 146 valence electrons. The van der Waals surface area contributed by atoms with Gasteiger partial charge in [0.25, 0.3) is 5.91 Å². The average Bonchev–Trinajstić information content (AvgIpc) is 2.99. The topological polar surface area (TPSA) is 68.5 Å². The lowest BCUT2D eigenvalue weighted by Gasteiger charge is -2.16. The molecule has 1 aromatic heterocycles. The summed E-state index contributed by atoms with van der Waals surface area (Å²) < 4.78 is 10.7. The summed E-state index contributed by atoms with van der Waals surface area (Å²) in [5, 5.41) is 4.01. The summed E-state index contributed by atoms with van der Waals surface area (Å²) >= 11 is 6.11. The van der Waals surface area contributed by atoms with Crippen molar-refractivity contribution >= 4 is 40.1 Å². The monoisotopic (exact) mass is 399 g/mol. The van der Waals surface area contributed by atoms with E-state index in [9.17, 15) is 9.59 Å². The van der Waals surface area contributed by atoms with Gasteiger partial charge >= 0.3 is 5.97 Å². The number of ether oxygens (including phenoxy) is 1. The minimum Gasteiger partial charge on any atom is -0.450 e. The zero-order valence-electron chi connectivity index (χ0n) is 16.3. The molecule has 0 aliphatic carbocycles. The third-order valence-corrected chi connectivity index (χ3v) is 4.92. The molecule has 0 spiro atoms. The second kappa shape index (κ2) is 8.07. The van der Waals surface area contributed by atoms with Gasteiger partial charge in [-0.05, 0) is 37.0 Å². The summed E-state index contributed by atoms with van der Waals surface area (Å²) in [5.41, 5.74) is 3.80. The Morgan fingerprint density at radius 2 is 1.86 bits per heavy atom. The maximum atomic E-state index is 12.4. The minimum atomic E-state index is -0.700. The second-order valence-corrected chi connectivity index (χ2v) is 7.40. The van der Waals surface area contributed by atoms with E-state index in [-0.39, 0.29) is 11.7 Å². The Morgan fingerprint density at radius 3 is 2.54 bits per heavy atom. The molecule has 1 N–H and O–H groups in total. The highest BCUT2D eigenvalue weighted by Crippen LogP contribution is 2.31. The number of halogens is 1. The van der Waals surface area contributed by atoms with Crippen LogP contribution in [-0.4, -0.2) is 18.5 Å². The Kier molecular flexibility index (Phi) is 5.75. The number of para-hydroxylation sites is 2. The molecular weight excluding hydrogens is 378 g/mol. The van der Waals surface area contributed by atoms with Crippen molar-refractivity contribution < 1.29 is 18.7 Å². The molecule has 3 aromatic rings. The van der Waals surface area contributed by atoms with Crippen molar-refractivity contribution in [1.29, 1.82) is 0 Å². The van der Waals surface area contributed by atoms with Crippen LogP contribution in [0.4, 0.5) is 5.69 Å². The predicted octanol–water partition coefficient (Wildman–Crippen LogP) is 5.62. The molecule has 0 unspecified atom stereocenters. The number of rotatable bonds is 5. The first-order valence-electron chi connectivity index (χ1n) is 9.03. The Balaban J connectivity index is 1.72. The number of anilines is 1. The number of carbonyl (C=O) groups excluding carboxylic acids is 2. The molecule has 0 saturated carbocycles. The maximum Gasteiger partial charge on any atom is 0.375 e. The number of aryl methyl sites for hydroxylation is 2. The van der Waals surface area contributed by atoms with Gasteiger partial charge in [-0.2, -0.15) is 0 Å². The average molecular weight is 400 g/mol. The lowest BCUT2D eigenvalue weighted by atomic mass is 9.98. The van der Waals surface area contributed by atoms with Crippen molar-refractivity contribution in [3.8, 4) is 0 Å². The van der Waals surface area contributed by atoms with Gasteiger partial charge in [-0.15, -0.1) is 0 Å². The van der Waals surface area contributed by atoms with Crippen molar-refractivity contribution in [3.05, 3.63) is 63.9 Å². The van der Waals surface area contributed by atoms with Gasteiger partial charge in [-0.1, -0.05) is 55.8 Å². The highest BCUT2D eigenvalue weighted by molar-refractivity contribution is 6.35. The van der Waals surface area contributed by atoms with Crippen molar-refractivity contribution in [2.45, 2.75) is 33.6 Å². The van der Waals surface area contributed by atoms with Gasteiger partial charge in [0.1, 0.15) is 0 Å². The van der Waals surface area contributed by atoms with E-state index in [0.717, 1.165) is 22.2 Å². The number of amides is 1. The number of carbonyl (C=O) groups is 2. The molecular formula is C22H22ClNO4. The fourth-order valence-electron chi connectivity index (χ4n) is 3.12. The molecule has 0 bridgehead atoms. The van der Waals surface area contributed by atoms with Crippen LogP contribution in [0.3, 0.4) is 0 Å². The van der Waals surface area contributed by atoms with Crippen LogP contribution in [0.1, 0.15) is 47.0 Å². The van der Waals surface area contributed by atoms with Gasteiger partial charge in [0.05, 0.1) is 5.02 Å². The number of nitrogens with one attached hydrogen (secondary N) is 1. The molecule has 0 atom stereocenters. The van der Waals surface area contributed by atoms with E-state index in [4.69, 9.17) is 20.8 Å². The molecule has 1 amide bonds. The smallest absolute Gasteiger partial charge is 0.375 e. The third-order valence-electron chi connectivity index (χ3n) is 4.63. The normalized spacial score (nSPS) is 11.1. The first-order valence-corrected chi connectivity index (χ1v) is 9.41. The predicted molar refractivity (Wildman–Crippen MR) is 110 cm³/mol. The molecule has 0 fully saturated rings. The molecule has 3 rings (SSSR count). The van der Waals surface area contributed by atoms with Crippen LogP contribution in [-0.2, 0) is 9.53 Å². The van der Waals surface area contributed by atoms with Gasteiger partial charge in [-0.25, -0.2) is 4.79 Å². The van der Waals surface area contributed by atoms with Gasteiger partial charge < -0.3 is 14.5 Å². The Hall–Kier alpha value is -2.79. The zero-order valence-corrected chi connectivity index (χ0v) is 17.0. The number of esters is 1. The molecule has 0 aliphatic rings. The Morgan fingerprint density at radius 1 is 1.14 bits per heavy atom. The molecule has 6 heteroatoms. The van der Waals surface area contributed by atoms with Crippen molar-refractivity contribution in [2.75, 3.05) is 11.9 Å². The summed E-state index contributed by atoms with van der Waals surface area (Å²) in [4.78, 5) is 24.8. The molecule has 28 heavy (non-hydrogen) atoms. The number of benzene rings is 2. The van der Waals surface area contributed by atoms with Crippen LogP contribution in [0.25, 0.3) is 11.0 Å². The lowest BCUT2D eigenvalue weighted by Crippen LogP contribution is -2.22. The van der Waals surface area contributed by atoms with Crippen LogP contribution in [0.5, 0.6) is 0 Å². The summed E-state index contributed by atoms with van der Waals surface area (Å²) in [5.74, 6) is -0.805. The summed E-state index contributed by atoms with van der Waals surface area (Å²) in [6.07, 6.45) is 0. The first kappa shape index (κ1) is 20.0. The highest BCUT2D eigenvalue weighted by atomic mass is 35.5. The van der Waals surface area contributed by atoms with Gasteiger partial charge in [0.15, 0.2) is 12.2 Å². The van der Waals surface area contributed by atoms with E-state index in [2.05, 4.69) is 19.2 Å². The van der Waals surface area contributed by atoms with Gasteiger partial charge in [0, 0.05) is 16.6 Å². The number of hydrogen-bond acceptors (Lipinski definition) is 4. The van der Waals surface area contributed by atoms with Crippen molar-refractivity contribution in [3.63, 3.8) is 0 Å². The van der Waals surface area contributed by atoms with E-state index < -0.39 is 18.5 Å². The van der Waals surface area contributed by atoms with Gasteiger partial charge in [0.2, 0.25) is 5.76 Å². The zero-order chi connectivity index (χ0) is 20.4. The SMILES string of the molecule is Cc1cccc(C(C)C)c1NC(=O)COC(=O)c1oc2c(Cl)cccc2c1C.